The van der Waals surface area contributed by atoms with E-state index in [1.807, 2.05) is 24.3 Å². The van der Waals surface area contributed by atoms with E-state index in [4.69, 9.17) is 11.6 Å². The first-order valence-corrected chi connectivity index (χ1v) is 6.60. The normalized spacial score (nSPS) is 10.1. The van der Waals surface area contributed by atoms with Crippen molar-refractivity contribution in [3.8, 4) is 0 Å². The van der Waals surface area contributed by atoms with Crippen LogP contribution in [0.5, 0.6) is 0 Å². The number of hydrogen-bond donors (Lipinski definition) is 1. The monoisotopic (exact) mass is 323 g/mol. The fourth-order valence-electron chi connectivity index (χ4n) is 1.57. The summed E-state index contributed by atoms with van der Waals surface area (Å²) in [4.78, 5) is 11.8. The van der Waals surface area contributed by atoms with Crippen molar-refractivity contribution >= 4 is 39.1 Å². The molecule has 1 amide bonds. The number of nitrogens with one attached hydrogen (secondary N) is 1. The van der Waals surface area contributed by atoms with Gasteiger partial charge in [-0.2, -0.15) is 0 Å². The summed E-state index contributed by atoms with van der Waals surface area (Å²) in [5, 5.41) is 3.48. The summed E-state index contributed by atoms with van der Waals surface area (Å²) in [5.74, 6) is -0.0459. The zero-order valence-corrected chi connectivity index (χ0v) is 11.8. The van der Waals surface area contributed by atoms with E-state index in [0.29, 0.717) is 11.4 Å². The SMILES string of the molecule is O=C(Cc1cccc(Br)c1)Nc1ccc(Cl)cc1. The molecule has 0 atom stereocenters. The summed E-state index contributed by atoms with van der Waals surface area (Å²) in [6, 6.07) is 14.7. The standard InChI is InChI=1S/C14H11BrClNO/c15-11-3-1-2-10(8-11)9-14(18)17-13-6-4-12(16)5-7-13/h1-8H,9H2,(H,17,18). The second-order valence-electron chi connectivity index (χ2n) is 3.86. The molecule has 0 bridgehead atoms. The van der Waals surface area contributed by atoms with E-state index in [1.54, 1.807) is 24.3 Å². The van der Waals surface area contributed by atoms with Crippen LogP contribution in [0.1, 0.15) is 5.56 Å². The van der Waals surface area contributed by atoms with E-state index < -0.39 is 0 Å². The van der Waals surface area contributed by atoms with Crippen LogP contribution in [0.3, 0.4) is 0 Å². The molecule has 2 aromatic rings. The average Bonchev–Trinajstić information content (AvgIpc) is 2.32. The Balaban J connectivity index is 1.98. The maximum atomic E-state index is 11.8. The van der Waals surface area contributed by atoms with Gasteiger partial charge in [0, 0.05) is 15.2 Å². The van der Waals surface area contributed by atoms with Crippen molar-refractivity contribution in [3.05, 3.63) is 63.6 Å². The van der Waals surface area contributed by atoms with E-state index in [-0.39, 0.29) is 5.91 Å². The lowest BCUT2D eigenvalue weighted by Gasteiger charge is -2.05. The third-order valence-corrected chi connectivity index (χ3v) is 3.13. The minimum absolute atomic E-state index is 0.0459. The summed E-state index contributed by atoms with van der Waals surface area (Å²) in [7, 11) is 0. The van der Waals surface area contributed by atoms with Gasteiger partial charge in [-0.25, -0.2) is 0 Å². The van der Waals surface area contributed by atoms with Gasteiger partial charge in [0.05, 0.1) is 6.42 Å². The lowest BCUT2D eigenvalue weighted by atomic mass is 10.1. The van der Waals surface area contributed by atoms with Gasteiger partial charge in [-0.05, 0) is 42.0 Å². The number of halogens is 2. The quantitative estimate of drug-likeness (QED) is 0.897. The van der Waals surface area contributed by atoms with Gasteiger partial charge in [0.25, 0.3) is 0 Å². The lowest BCUT2D eigenvalue weighted by molar-refractivity contribution is -0.115. The van der Waals surface area contributed by atoms with Gasteiger partial charge >= 0.3 is 0 Å². The van der Waals surface area contributed by atoms with Gasteiger partial charge in [-0.3, -0.25) is 4.79 Å². The minimum atomic E-state index is -0.0459. The number of carbonyl (C=O) groups excluding carboxylic acids is 1. The number of amides is 1. The molecule has 0 aliphatic carbocycles. The molecule has 2 rings (SSSR count). The topological polar surface area (TPSA) is 29.1 Å². The molecule has 18 heavy (non-hydrogen) atoms. The van der Waals surface area contributed by atoms with E-state index in [9.17, 15) is 4.79 Å². The van der Waals surface area contributed by atoms with Gasteiger partial charge in [0.1, 0.15) is 0 Å². The molecule has 0 unspecified atom stereocenters. The van der Waals surface area contributed by atoms with E-state index in [1.165, 1.54) is 0 Å². The van der Waals surface area contributed by atoms with E-state index >= 15 is 0 Å². The van der Waals surface area contributed by atoms with Crippen LogP contribution in [-0.2, 0) is 11.2 Å². The smallest absolute Gasteiger partial charge is 0.228 e. The van der Waals surface area contributed by atoms with Crippen molar-refractivity contribution in [2.75, 3.05) is 5.32 Å². The van der Waals surface area contributed by atoms with Crippen LogP contribution in [0.4, 0.5) is 5.69 Å². The predicted octanol–water partition coefficient (Wildman–Crippen LogP) is 4.28. The van der Waals surface area contributed by atoms with Crippen molar-refractivity contribution in [2.24, 2.45) is 0 Å². The highest BCUT2D eigenvalue weighted by Gasteiger charge is 2.04. The lowest BCUT2D eigenvalue weighted by Crippen LogP contribution is -2.14. The van der Waals surface area contributed by atoms with Crippen LogP contribution in [0.15, 0.2) is 53.0 Å². The molecule has 0 fully saturated rings. The number of anilines is 1. The van der Waals surface area contributed by atoms with Crippen molar-refractivity contribution in [1.29, 1.82) is 0 Å². The van der Waals surface area contributed by atoms with Crippen molar-refractivity contribution in [2.45, 2.75) is 6.42 Å². The Morgan fingerprint density at radius 1 is 1.17 bits per heavy atom. The summed E-state index contributed by atoms with van der Waals surface area (Å²) < 4.78 is 0.972. The average molecular weight is 325 g/mol. The fourth-order valence-corrected chi connectivity index (χ4v) is 2.14. The Hall–Kier alpha value is -1.32. The van der Waals surface area contributed by atoms with Crippen molar-refractivity contribution in [3.63, 3.8) is 0 Å². The van der Waals surface area contributed by atoms with Crippen molar-refractivity contribution in [1.82, 2.24) is 0 Å². The predicted molar refractivity (Wildman–Crippen MR) is 77.9 cm³/mol. The van der Waals surface area contributed by atoms with Gasteiger partial charge in [0.15, 0.2) is 0 Å². The van der Waals surface area contributed by atoms with Gasteiger partial charge < -0.3 is 5.32 Å². The molecule has 0 aromatic heterocycles. The molecular formula is C14H11BrClNO. The first-order chi connectivity index (χ1) is 8.63. The third kappa shape index (κ3) is 3.86. The van der Waals surface area contributed by atoms with Crippen LogP contribution in [0.2, 0.25) is 5.02 Å². The number of carbonyl (C=O) groups is 1. The molecule has 1 N–H and O–H groups in total. The highest BCUT2D eigenvalue weighted by molar-refractivity contribution is 9.10. The van der Waals surface area contributed by atoms with Gasteiger partial charge in [0.2, 0.25) is 5.91 Å². The summed E-state index contributed by atoms with van der Waals surface area (Å²) in [6.45, 7) is 0. The van der Waals surface area contributed by atoms with Crippen LogP contribution in [0.25, 0.3) is 0 Å². The largest absolute Gasteiger partial charge is 0.326 e. The molecule has 0 spiro atoms. The molecule has 2 aromatic carbocycles. The minimum Gasteiger partial charge on any atom is -0.326 e. The molecule has 0 radical (unpaired) electrons. The summed E-state index contributed by atoms with van der Waals surface area (Å²) >= 11 is 9.16. The summed E-state index contributed by atoms with van der Waals surface area (Å²) in [5.41, 5.74) is 1.72. The third-order valence-electron chi connectivity index (χ3n) is 2.38. The molecule has 0 aliphatic rings. The molecule has 0 saturated heterocycles. The number of rotatable bonds is 3. The van der Waals surface area contributed by atoms with E-state index in [2.05, 4.69) is 21.2 Å². The Kier molecular flexibility index (Phi) is 4.39. The van der Waals surface area contributed by atoms with Crippen LogP contribution in [-0.4, -0.2) is 5.91 Å². The van der Waals surface area contributed by atoms with Crippen LogP contribution >= 0.6 is 27.5 Å². The maximum absolute atomic E-state index is 11.8. The Bertz CT molecular complexity index is 554. The van der Waals surface area contributed by atoms with Crippen LogP contribution < -0.4 is 5.32 Å². The first kappa shape index (κ1) is 13.1. The maximum Gasteiger partial charge on any atom is 0.228 e. The van der Waals surface area contributed by atoms with Crippen molar-refractivity contribution < 1.29 is 4.79 Å². The number of benzene rings is 2. The zero-order valence-electron chi connectivity index (χ0n) is 9.49. The second kappa shape index (κ2) is 6.03. The Morgan fingerprint density at radius 2 is 1.89 bits per heavy atom. The molecule has 0 saturated carbocycles. The highest BCUT2D eigenvalue weighted by Crippen LogP contribution is 2.15. The highest BCUT2D eigenvalue weighted by atomic mass is 79.9. The first-order valence-electron chi connectivity index (χ1n) is 5.43. The zero-order chi connectivity index (χ0) is 13.0. The number of hydrogen-bond acceptors (Lipinski definition) is 1. The van der Waals surface area contributed by atoms with Crippen LogP contribution in [0, 0.1) is 0 Å². The second-order valence-corrected chi connectivity index (χ2v) is 5.21. The van der Waals surface area contributed by atoms with Gasteiger partial charge in [-0.1, -0.05) is 39.7 Å². The Morgan fingerprint density at radius 3 is 2.56 bits per heavy atom. The van der Waals surface area contributed by atoms with Gasteiger partial charge in [-0.15, -0.1) is 0 Å². The Labute approximate surface area is 119 Å². The molecule has 0 heterocycles. The fraction of sp³-hybridized carbons (Fsp3) is 0.0714. The molecule has 0 aliphatic heterocycles. The van der Waals surface area contributed by atoms with E-state index in [0.717, 1.165) is 15.7 Å². The molecule has 4 heteroatoms. The molecular weight excluding hydrogens is 314 g/mol. The molecule has 92 valence electrons. The molecule has 2 nitrogen and oxygen atoms in total. The summed E-state index contributed by atoms with van der Waals surface area (Å²) in [6.07, 6.45) is 0.349.